The Morgan fingerprint density at radius 1 is 0.677 bits per heavy atom. The number of hydrogen-bond donors (Lipinski definition) is 1. The minimum atomic E-state index is -0.517. The van der Waals surface area contributed by atoms with Gasteiger partial charge in [0.2, 0.25) is 0 Å². The van der Waals surface area contributed by atoms with E-state index >= 15 is 0 Å². The summed E-state index contributed by atoms with van der Waals surface area (Å²) in [5.41, 5.74) is 2.78. The van der Waals surface area contributed by atoms with Crippen molar-refractivity contribution in [1.29, 1.82) is 0 Å². The van der Waals surface area contributed by atoms with Gasteiger partial charge in [-0.1, -0.05) is 48.5 Å². The van der Waals surface area contributed by atoms with E-state index in [0.717, 1.165) is 17.1 Å². The molecule has 0 unspecified atom stereocenters. The largest absolute Gasteiger partial charge is 0.506 e. The zero-order valence-electron chi connectivity index (χ0n) is 16.4. The Balaban J connectivity index is 1.77. The summed E-state index contributed by atoms with van der Waals surface area (Å²) in [6.07, 6.45) is 0. The van der Waals surface area contributed by atoms with Gasteiger partial charge < -0.3 is 10.0 Å². The Labute approximate surface area is 178 Å². The molecule has 0 saturated carbocycles. The van der Waals surface area contributed by atoms with E-state index in [-0.39, 0.29) is 22.8 Å². The van der Waals surface area contributed by atoms with Crippen LogP contribution in [0.1, 0.15) is 0 Å². The summed E-state index contributed by atoms with van der Waals surface area (Å²) in [6, 6.07) is 30.6. The number of nitro benzene ring substituents is 1. The Hall–Kier alpha value is -4.52. The standard InChI is InChI=1S/C24H18N4O3/c29-24-16-15-20(17-22(24)26-25-21-13-7-8-14-23(21)28(30)31)27(18-9-3-1-4-10-18)19-11-5-2-6-12-19/h1-17,29H. The van der Waals surface area contributed by atoms with E-state index < -0.39 is 4.92 Å². The van der Waals surface area contributed by atoms with Gasteiger partial charge in [-0.25, -0.2) is 0 Å². The van der Waals surface area contributed by atoms with Gasteiger partial charge in [-0.05, 0) is 48.5 Å². The molecule has 0 heterocycles. The molecule has 0 saturated heterocycles. The first-order valence-electron chi connectivity index (χ1n) is 9.52. The Morgan fingerprint density at radius 2 is 1.23 bits per heavy atom. The van der Waals surface area contributed by atoms with E-state index in [2.05, 4.69) is 10.2 Å². The van der Waals surface area contributed by atoms with Crippen LogP contribution in [-0.4, -0.2) is 10.0 Å². The Morgan fingerprint density at radius 3 is 1.84 bits per heavy atom. The number of rotatable bonds is 6. The molecule has 0 aromatic heterocycles. The van der Waals surface area contributed by atoms with Crippen LogP contribution in [-0.2, 0) is 0 Å². The number of nitro groups is 1. The van der Waals surface area contributed by atoms with Crippen molar-refractivity contribution in [2.75, 3.05) is 4.90 Å². The lowest BCUT2D eigenvalue weighted by Gasteiger charge is -2.25. The third kappa shape index (κ3) is 4.40. The maximum Gasteiger partial charge on any atom is 0.296 e. The van der Waals surface area contributed by atoms with Gasteiger partial charge in [-0.15, -0.1) is 10.2 Å². The first kappa shape index (κ1) is 19.8. The van der Waals surface area contributed by atoms with Gasteiger partial charge in [0.15, 0.2) is 5.69 Å². The average molecular weight is 410 g/mol. The van der Waals surface area contributed by atoms with Crippen molar-refractivity contribution in [3.63, 3.8) is 0 Å². The third-order valence-electron chi connectivity index (χ3n) is 4.59. The van der Waals surface area contributed by atoms with Crippen molar-refractivity contribution < 1.29 is 10.0 Å². The number of phenols is 1. The molecular formula is C24H18N4O3. The van der Waals surface area contributed by atoms with Crippen molar-refractivity contribution in [2.24, 2.45) is 10.2 Å². The predicted octanol–water partition coefficient (Wildman–Crippen LogP) is 7.19. The van der Waals surface area contributed by atoms with E-state index in [9.17, 15) is 15.2 Å². The van der Waals surface area contributed by atoms with Gasteiger partial charge in [0.1, 0.15) is 11.4 Å². The highest BCUT2D eigenvalue weighted by molar-refractivity contribution is 5.78. The van der Waals surface area contributed by atoms with Crippen LogP contribution in [0.4, 0.5) is 34.1 Å². The van der Waals surface area contributed by atoms with E-state index in [1.54, 1.807) is 24.3 Å². The summed E-state index contributed by atoms with van der Waals surface area (Å²) < 4.78 is 0. The fourth-order valence-corrected chi connectivity index (χ4v) is 3.14. The van der Waals surface area contributed by atoms with Crippen molar-refractivity contribution >= 4 is 34.1 Å². The highest BCUT2D eigenvalue weighted by Crippen LogP contribution is 2.39. The molecule has 0 aliphatic carbocycles. The Bertz CT molecular complexity index is 1190. The summed E-state index contributed by atoms with van der Waals surface area (Å²) in [5.74, 6) is -0.0767. The molecule has 0 aliphatic rings. The van der Waals surface area contributed by atoms with Gasteiger partial charge in [0, 0.05) is 23.1 Å². The number of hydrogen-bond acceptors (Lipinski definition) is 6. The van der Waals surface area contributed by atoms with Crippen LogP contribution in [0.3, 0.4) is 0 Å². The number of anilines is 3. The van der Waals surface area contributed by atoms with E-state index in [4.69, 9.17) is 0 Å². The summed E-state index contributed by atoms with van der Waals surface area (Å²) in [5, 5.41) is 29.6. The fraction of sp³-hybridized carbons (Fsp3) is 0. The fourth-order valence-electron chi connectivity index (χ4n) is 3.14. The molecule has 0 atom stereocenters. The molecule has 7 nitrogen and oxygen atoms in total. The summed E-state index contributed by atoms with van der Waals surface area (Å²) >= 11 is 0. The Kier molecular flexibility index (Phi) is 5.66. The summed E-state index contributed by atoms with van der Waals surface area (Å²) in [4.78, 5) is 12.7. The molecule has 0 aliphatic heterocycles. The zero-order valence-corrected chi connectivity index (χ0v) is 16.4. The molecule has 0 bridgehead atoms. The molecule has 0 spiro atoms. The molecule has 0 radical (unpaired) electrons. The van der Waals surface area contributed by atoms with E-state index in [1.807, 2.05) is 65.6 Å². The summed E-state index contributed by atoms with van der Waals surface area (Å²) in [6.45, 7) is 0. The molecule has 7 heteroatoms. The van der Waals surface area contributed by atoms with Crippen LogP contribution in [0.15, 0.2) is 113 Å². The second kappa shape index (κ2) is 8.87. The minimum Gasteiger partial charge on any atom is -0.506 e. The molecule has 0 amide bonds. The van der Waals surface area contributed by atoms with Gasteiger partial charge >= 0.3 is 0 Å². The quantitative estimate of drug-likeness (QED) is 0.207. The third-order valence-corrected chi connectivity index (χ3v) is 4.59. The lowest BCUT2D eigenvalue weighted by atomic mass is 10.1. The highest BCUT2D eigenvalue weighted by atomic mass is 16.6. The number of nitrogens with zero attached hydrogens (tertiary/aromatic N) is 4. The van der Waals surface area contributed by atoms with Gasteiger partial charge in [-0.2, -0.15) is 0 Å². The molecule has 4 aromatic rings. The van der Waals surface area contributed by atoms with Crippen molar-refractivity contribution in [3.8, 4) is 5.75 Å². The van der Waals surface area contributed by atoms with Crippen LogP contribution < -0.4 is 4.90 Å². The molecule has 31 heavy (non-hydrogen) atoms. The lowest BCUT2D eigenvalue weighted by molar-refractivity contribution is -0.384. The number of aromatic hydroxyl groups is 1. The average Bonchev–Trinajstić information content (AvgIpc) is 2.81. The van der Waals surface area contributed by atoms with Gasteiger partial charge in [0.25, 0.3) is 5.69 Å². The van der Waals surface area contributed by atoms with Crippen LogP contribution in [0, 0.1) is 10.1 Å². The van der Waals surface area contributed by atoms with Crippen LogP contribution in [0.5, 0.6) is 5.75 Å². The minimum absolute atomic E-state index is 0.0767. The first-order valence-corrected chi connectivity index (χ1v) is 9.52. The molecule has 152 valence electrons. The van der Waals surface area contributed by atoms with Gasteiger partial charge in [0.05, 0.1) is 4.92 Å². The van der Waals surface area contributed by atoms with Crippen LogP contribution in [0.25, 0.3) is 0 Å². The number of para-hydroxylation sites is 3. The normalized spacial score (nSPS) is 10.8. The summed E-state index contributed by atoms with van der Waals surface area (Å²) in [7, 11) is 0. The zero-order chi connectivity index (χ0) is 21.6. The topological polar surface area (TPSA) is 91.3 Å². The van der Waals surface area contributed by atoms with Gasteiger partial charge in [-0.3, -0.25) is 10.1 Å². The molecule has 1 N–H and O–H groups in total. The van der Waals surface area contributed by atoms with Crippen molar-refractivity contribution in [1.82, 2.24) is 0 Å². The lowest BCUT2D eigenvalue weighted by Crippen LogP contribution is -2.09. The second-order valence-corrected chi connectivity index (χ2v) is 6.63. The smallest absolute Gasteiger partial charge is 0.296 e. The second-order valence-electron chi connectivity index (χ2n) is 6.63. The van der Waals surface area contributed by atoms with E-state index in [1.165, 1.54) is 18.2 Å². The molecule has 4 aromatic carbocycles. The molecular weight excluding hydrogens is 392 g/mol. The molecule has 4 rings (SSSR count). The number of phenolic OH excluding ortho intramolecular Hbond substituents is 1. The van der Waals surface area contributed by atoms with E-state index in [0.29, 0.717) is 0 Å². The van der Waals surface area contributed by atoms with Crippen LogP contribution >= 0.6 is 0 Å². The monoisotopic (exact) mass is 410 g/mol. The van der Waals surface area contributed by atoms with Crippen LogP contribution in [0.2, 0.25) is 0 Å². The highest BCUT2D eigenvalue weighted by Gasteiger charge is 2.15. The maximum absolute atomic E-state index is 11.2. The number of azo groups is 1. The maximum atomic E-state index is 11.2. The SMILES string of the molecule is O=[N+]([O-])c1ccccc1N=Nc1cc(N(c2ccccc2)c2ccccc2)ccc1O. The number of benzene rings is 4. The van der Waals surface area contributed by atoms with Crippen molar-refractivity contribution in [2.45, 2.75) is 0 Å². The molecule has 0 fully saturated rings. The predicted molar refractivity (Wildman–Crippen MR) is 120 cm³/mol. The van der Waals surface area contributed by atoms with Crippen molar-refractivity contribution in [3.05, 3.63) is 113 Å². The first-order chi connectivity index (χ1) is 15.1.